The van der Waals surface area contributed by atoms with Gasteiger partial charge in [0.1, 0.15) is 0 Å². The molecule has 25 heavy (non-hydrogen) atoms. The number of rotatable bonds is 5. The molecule has 2 aromatic rings. The first-order chi connectivity index (χ1) is 12.2. The van der Waals surface area contributed by atoms with E-state index in [9.17, 15) is 4.79 Å². The molecule has 2 heterocycles. The Balaban J connectivity index is 1.68. The van der Waals surface area contributed by atoms with Gasteiger partial charge in [0, 0.05) is 39.1 Å². The lowest BCUT2D eigenvalue weighted by Gasteiger charge is -2.41. The van der Waals surface area contributed by atoms with E-state index in [1.54, 1.807) is 19.5 Å². The van der Waals surface area contributed by atoms with Gasteiger partial charge in [0.15, 0.2) is 0 Å². The number of carbonyl (C=O) groups is 1. The third-order valence-electron chi connectivity index (χ3n) is 4.78. The predicted octanol–water partition coefficient (Wildman–Crippen LogP) is 2.69. The van der Waals surface area contributed by atoms with E-state index in [1.165, 1.54) is 5.56 Å². The Hall–Kier alpha value is -2.47. The van der Waals surface area contributed by atoms with Gasteiger partial charge in [-0.05, 0) is 25.3 Å². The fourth-order valence-corrected chi connectivity index (χ4v) is 3.29. The SMILES string of the molecule is CCNc1ncc(C(=O)N2CCC(OC)(c3ccccc3)CC2)cn1. The third kappa shape index (κ3) is 3.64. The number of carbonyl (C=O) groups excluding carboxylic acids is 1. The summed E-state index contributed by atoms with van der Waals surface area (Å²) in [5, 5.41) is 3.03. The molecule has 1 aliphatic rings. The maximum atomic E-state index is 12.7. The van der Waals surface area contributed by atoms with Crippen molar-refractivity contribution in [2.75, 3.05) is 32.1 Å². The molecule has 132 valence electrons. The molecule has 3 rings (SSSR count). The van der Waals surface area contributed by atoms with Crippen LogP contribution in [0.4, 0.5) is 5.95 Å². The number of aromatic nitrogens is 2. The van der Waals surface area contributed by atoms with Crippen LogP contribution >= 0.6 is 0 Å². The monoisotopic (exact) mass is 340 g/mol. The number of nitrogens with zero attached hydrogens (tertiary/aromatic N) is 3. The van der Waals surface area contributed by atoms with Crippen molar-refractivity contribution >= 4 is 11.9 Å². The van der Waals surface area contributed by atoms with Gasteiger partial charge in [-0.1, -0.05) is 30.3 Å². The number of anilines is 1. The zero-order chi connectivity index (χ0) is 17.7. The number of amides is 1. The smallest absolute Gasteiger partial charge is 0.256 e. The van der Waals surface area contributed by atoms with Gasteiger partial charge in [-0.15, -0.1) is 0 Å². The maximum absolute atomic E-state index is 12.7. The molecule has 6 heteroatoms. The van der Waals surface area contributed by atoms with Crippen molar-refractivity contribution in [3.05, 3.63) is 53.9 Å². The van der Waals surface area contributed by atoms with E-state index >= 15 is 0 Å². The number of nitrogens with one attached hydrogen (secondary N) is 1. The van der Waals surface area contributed by atoms with E-state index < -0.39 is 0 Å². The Morgan fingerprint density at radius 2 is 1.84 bits per heavy atom. The van der Waals surface area contributed by atoms with E-state index in [0.717, 1.165) is 19.4 Å². The summed E-state index contributed by atoms with van der Waals surface area (Å²) >= 11 is 0. The maximum Gasteiger partial charge on any atom is 0.256 e. The molecule has 0 unspecified atom stereocenters. The molecule has 6 nitrogen and oxygen atoms in total. The van der Waals surface area contributed by atoms with E-state index in [1.807, 2.05) is 30.0 Å². The van der Waals surface area contributed by atoms with Crippen LogP contribution in [0.25, 0.3) is 0 Å². The molecule has 1 N–H and O–H groups in total. The summed E-state index contributed by atoms with van der Waals surface area (Å²) in [5.74, 6) is 0.515. The minimum atomic E-state index is -0.316. The molecule has 1 aromatic carbocycles. The molecule has 1 fully saturated rings. The molecule has 0 saturated carbocycles. The number of methoxy groups -OCH3 is 1. The zero-order valence-corrected chi connectivity index (χ0v) is 14.7. The zero-order valence-electron chi connectivity index (χ0n) is 14.7. The number of ether oxygens (including phenoxy) is 1. The Morgan fingerprint density at radius 1 is 1.20 bits per heavy atom. The summed E-state index contributed by atoms with van der Waals surface area (Å²) < 4.78 is 5.87. The normalized spacial score (nSPS) is 16.5. The average Bonchev–Trinajstić information content (AvgIpc) is 2.69. The summed E-state index contributed by atoms with van der Waals surface area (Å²) in [7, 11) is 1.75. The summed E-state index contributed by atoms with van der Waals surface area (Å²) in [6, 6.07) is 10.2. The molecular weight excluding hydrogens is 316 g/mol. The third-order valence-corrected chi connectivity index (χ3v) is 4.78. The lowest BCUT2D eigenvalue weighted by molar-refractivity contribution is -0.0574. The van der Waals surface area contributed by atoms with Gasteiger partial charge in [0.2, 0.25) is 5.95 Å². The first-order valence-electron chi connectivity index (χ1n) is 8.64. The second-order valence-corrected chi connectivity index (χ2v) is 6.18. The average molecular weight is 340 g/mol. The fourth-order valence-electron chi connectivity index (χ4n) is 3.29. The molecule has 1 aliphatic heterocycles. The number of piperidine rings is 1. The van der Waals surface area contributed by atoms with Crippen molar-refractivity contribution in [3.63, 3.8) is 0 Å². The topological polar surface area (TPSA) is 67.4 Å². The van der Waals surface area contributed by atoms with Crippen molar-refractivity contribution in [2.24, 2.45) is 0 Å². The summed E-state index contributed by atoms with van der Waals surface area (Å²) in [5.41, 5.74) is 1.37. The largest absolute Gasteiger partial charge is 0.373 e. The number of likely N-dealkylation sites (tertiary alicyclic amines) is 1. The highest BCUT2D eigenvalue weighted by molar-refractivity contribution is 5.93. The van der Waals surface area contributed by atoms with E-state index in [-0.39, 0.29) is 11.5 Å². The molecule has 1 aromatic heterocycles. The van der Waals surface area contributed by atoms with Gasteiger partial charge in [-0.3, -0.25) is 4.79 Å². The molecule has 0 radical (unpaired) electrons. The lowest BCUT2D eigenvalue weighted by atomic mass is 9.84. The molecule has 0 spiro atoms. The van der Waals surface area contributed by atoms with Crippen molar-refractivity contribution in [1.82, 2.24) is 14.9 Å². The Morgan fingerprint density at radius 3 is 2.40 bits per heavy atom. The van der Waals surface area contributed by atoms with Crippen molar-refractivity contribution in [1.29, 1.82) is 0 Å². The molecule has 0 aliphatic carbocycles. The Labute approximate surface area is 148 Å². The van der Waals surface area contributed by atoms with Crippen LogP contribution in [0.5, 0.6) is 0 Å². The van der Waals surface area contributed by atoms with E-state index in [2.05, 4.69) is 27.4 Å². The predicted molar refractivity (Wildman–Crippen MR) is 96.5 cm³/mol. The van der Waals surface area contributed by atoms with Crippen molar-refractivity contribution in [3.8, 4) is 0 Å². The van der Waals surface area contributed by atoms with Crippen LogP contribution in [-0.4, -0.2) is 47.5 Å². The number of hydrogen-bond acceptors (Lipinski definition) is 5. The minimum absolute atomic E-state index is 0.0270. The highest BCUT2D eigenvalue weighted by atomic mass is 16.5. The molecule has 1 amide bonds. The molecule has 0 bridgehead atoms. The standard InChI is InChI=1S/C19H24N4O2/c1-3-20-18-21-13-15(14-22-18)17(24)23-11-9-19(25-2,10-12-23)16-7-5-4-6-8-16/h4-8,13-14H,3,9-12H2,1-2H3,(H,20,21,22). The van der Waals surface area contributed by atoms with Gasteiger partial charge in [-0.2, -0.15) is 0 Å². The van der Waals surface area contributed by atoms with Crippen molar-refractivity contribution in [2.45, 2.75) is 25.4 Å². The number of benzene rings is 1. The second-order valence-electron chi connectivity index (χ2n) is 6.18. The lowest BCUT2D eigenvalue weighted by Crippen LogP contribution is -2.46. The molecule has 1 saturated heterocycles. The summed E-state index contributed by atoms with van der Waals surface area (Å²) in [6.07, 6.45) is 4.72. The van der Waals surface area contributed by atoms with Crippen LogP contribution < -0.4 is 5.32 Å². The van der Waals surface area contributed by atoms with Crippen LogP contribution in [0, 0.1) is 0 Å². The first kappa shape index (κ1) is 17.4. The second kappa shape index (κ2) is 7.61. The van der Waals surface area contributed by atoms with Crippen molar-refractivity contribution < 1.29 is 9.53 Å². The van der Waals surface area contributed by atoms with Crippen LogP contribution in [-0.2, 0) is 10.3 Å². The van der Waals surface area contributed by atoms with Crippen LogP contribution in [0.1, 0.15) is 35.7 Å². The highest BCUT2D eigenvalue weighted by Gasteiger charge is 2.37. The summed E-state index contributed by atoms with van der Waals surface area (Å²) in [6.45, 7) is 4.02. The quantitative estimate of drug-likeness (QED) is 0.906. The van der Waals surface area contributed by atoms with Gasteiger partial charge >= 0.3 is 0 Å². The van der Waals surface area contributed by atoms with E-state index in [4.69, 9.17) is 4.74 Å². The minimum Gasteiger partial charge on any atom is -0.373 e. The van der Waals surface area contributed by atoms with Gasteiger partial charge in [0.05, 0.1) is 11.2 Å². The summed E-state index contributed by atoms with van der Waals surface area (Å²) in [4.78, 5) is 22.9. The van der Waals surface area contributed by atoms with Crippen LogP contribution in [0.2, 0.25) is 0 Å². The Kier molecular flexibility index (Phi) is 5.28. The fraction of sp³-hybridized carbons (Fsp3) is 0.421. The Bertz CT molecular complexity index is 695. The first-order valence-corrected chi connectivity index (χ1v) is 8.64. The number of hydrogen-bond donors (Lipinski definition) is 1. The van der Waals surface area contributed by atoms with Crippen LogP contribution in [0.15, 0.2) is 42.7 Å². The van der Waals surface area contributed by atoms with Gasteiger partial charge in [-0.25, -0.2) is 9.97 Å². The molecule has 0 atom stereocenters. The molecular formula is C19H24N4O2. The van der Waals surface area contributed by atoms with Gasteiger partial charge in [0.25, 0.3) is 5.91 Å². The van der Waals surface area contributed by atoms with E-state index in [0.29, 0.717) is 24.6 Å². The van der Waals surface area contributed by atoms with Gasteiger partial charge < -0.3 is 15.0 Å². The highest BCUT2D eigenvalue weighted by Crippen LogP contribution is 2.36. The van der Waals surface area contributed by atoms with Crippen LogP contribution in [0.3, 0.4) is 0 Å².